The topological polar surface area (TPSA) is 51.3 Å². The zero-order valence-electron chi connectivity index (χ0n) is 11.6. The minimum absolute atomic E-state index is 0.526. The maximum Gasteiger partial charge on any atom is 0.258 e. The summed E-state index contributed by atoms with van der Waals surface area (Å²) in [5, 5.41) is 4.09. The van der Waals surface area contributed by atoms with Gasteiger partial charge < -0.3 is 4.52 Å². The fourth-order valence-corrected chi connectivity index (χ4v) is 2.51. The van der Waals surface area contributed by atoms with Crippen molar-refractivity contribution in [1.82, 2.24) is 10.1 Å². The van der Waals surface area contributed by atoms with Gasteiger partial charge in [0.1, 0.15) is 0 Å². The number of hydrogen-bond acceptors (Lipinski definition) is 4. The summed E-state index contributed by atoms with van der Waals surface area (Å²) in [7, 11) is 0. The highest BCUT2D eigenvalue weighted by Gasteiger charge is 2.14. The third-order valence-corrected chi connectivity index (χ3v) is 3.69. The molecule has 0 unspecified atom stereocenters. The van der Waals surface area contributed by atoms with Crippen molar-refractivity contribution in [2.75, 3.05) is 0 Å². The first kappa shape index (κ1) is 12.0. The maximum absolute atomic E-state index is 5.41. The van der Waals surface area contributed by atoms with Crippen LogP contribution in [0.25, 0.3) is 22.8 Å². The van der Waals surface area contributed by atoms with Crippen molar-refractivity contribution in [3.05, 3.63) is 53.6 Å². The molecule has 21 heavy (non-hydrogen) atoms. The highest BCUT2D eigenvalue weighted by Crippen LogP contribution is 2.30. The molecule has 1 aliphatic rings. The number of nitrogens with zero attached hydrogens (tertiary/aromatic N) is 3. The fraction of sp³-hybridized carbons (Fsp3) is 0.118. The zero-order chi connectivity index (χ0) is 14.2. The van der Waals surface area contributed by atoms with E-state index in [9.17, 15) is 0 Å². The molecule has 0 spiro atoms. The van der Waals surface area contributed by atoms with Crippen LogP contribution in [0.1, 0.15) is 11.1 Å². The van der Waals surface area contributed by atoms with E-state index in [2.05, 4.69) is 21.2 Å². The standard InChI is InChI=1S/C17H13N3O/c1-11-4-2-3-5-14(11)16-19-17(21-20-16)13-7-6-12-8-9-18-15(12)10-13/h2-7,9-10H,8H2,1H3. The Balaban J connectivity index is 1.75. The normalized spacial score (nSPS) is 12.6. The molecule has 0 fully saturated rings. The molecular formula is C17H13N3O. The lowest BCUT2D eigenvalue weighted by Gasteiger charge is -1.99. The van der Waals surface area contributed by atoms with Crippen LogP contribution in [-0.2, 0) is 6.42 Å². The van der Waals surface area contributed by atoms with Gasteiger partial charge >= 0.3 is 0 Å². The SMILES string of the molecule is Cc1ccccc1-c1noc(-c2ccc3c(c2)N=CC3)n1. The predicted octanol–water partition coefficient (Wildman–Crippen LogP) is 3.97. The van der Waals surface area contributed by atoms with Crippen molar-refractivity contribution in [3.63, 3.8) is 0 Å². The summed E-state index contributed by atoms with van der Waals surface area (Å²) >= 11 is 0. The lowest BCUT2D eigenvalue weighted by molar-refractivity contribution is 0.432. The van der Waals surface area contributed by atoms with Gasteiger partial charge in [0.15, 0.2) is 0 Å². The van der Waals surface area contributed by atoms with Crippen LogP contribution in [-0.4, -0.2) is 16.4 Å². The summed E-state index contributed by atoms with van der Waals surface area (Å²) in [6, 6.07) is 14.1. The van der Waals surface area contributed by atoms with Crippen LogP contribution < -0.4 is 0 Å². The summed E-state index contributed by atoms with van der Waals surface area (Å²) in [6.07, 6.45) is 2.81. The van der Waals surface area contributed by atoms with Crippen LogP contribution in [0.3, 0.4) is 0 Å². The fourth-order valence-electron chi connectivity index (χ4n) is 2.51. The number of aromatic nitrogens is 2. The van der Waals surface area contributed by atoms with E-state index in [1.807, 2.05) is 49.5 Å². The Morgan fingerprint density at radius 1 is 1.10 bits per heavy atom. The van der Waals surface area contributed by atoms with Crippen LogP contribution in [0, 0.1) is 6.92 Å². The molecule has 4 heteroatoms. The Morgan fingerprint density at radius 2 is 2.00 bits per heavy atom. The average Bonchev–Trinajstić information content (AvgIpc) is 3.16. The van der Waals surface area contributed by atoms with Gasteiger partial charge in [-0.25, -0.2) is 0 Å². The number of aryl methyl sites for hydroxylation is 1. The predicted molar refractivity (Wildman–Crippen MR) is 81.8 cm³/mol. The van der Waals surface area contributed by atoms with Crippen LogP contribution in [0.4, 0.5) is 5.69 Å². The molecule has 0 N–H and O–H groups in total. The van der Waals surface area contributed by atoms with E-state index in [4.69, 9.17) is 4.52 Å². The van der Waals surface area contributed by atoms with Gasteiger partial charge in [-0.15, -0.1) is 0 Å². The van der Waals surface area contributed by atoms with Crippen LogP contribution in [0.5, 0.6) is 0 Å². The summed E-state index contributed by atoms with van der Waals surface area (Å²) in [5.41, 5.74) is 5.25. The van der Waals surface area contributed by atoms with Gasteiger partial charge in [-0.2, -0.15) is 4.98 Å². The number of benzene rings is 2. The Labute approximate surface area is 122 Å². The molecule has 1 aromatic heterocycles. The molecule has 102 valence electrons. The van der Waals surface area contributed by atoms with E-state index in [0.29, 0.717) is 11.7 Å². The molecule has 0 aliphatic carbocycles. The van der Waals surface area contributed by atoms with Gasteiger partial charge in [-0.05, 0) is 30.2 Å². The minimum atomic E-state index is 0.526. The van der Waals surface area contributed by atoms with Crippen molar-refractivity contribution in [2.45, 2.75) is 13.3 Å². The zero-order valence-corrected chi connectivity index (χ0v) is 11.6. The van der Waals surface area contributed by atoms with Crippen molar-refractivity contribution < 1.29 is 4.52 Å². The van der Waals surface area contributed by atoms with E-state index >= 15 is 0 Å². The van der Waals surface area contributed by atoms with Crippen LogP contribution in [0.2, 0.25) is 0 Å². The van der Waals surface area contributed by atoms with Crippen molar-refractivity contribution >= 4 is 11.9 Å². The summed E-state index contributed by atoms with van der Waals surface area (Å²) < 4.78 is 5.41. The second-order valence-electron chi connectivity index (χ2n) is 5.10. The van der Waals surface area contributed by atoms with E-state index in [1.54, 1.807) is 0 Å². The Hall–Kier alpha value is -2.75. The smallest absolute Gasteiger partial charge is 0.258 e. The van der Waals surface area contributed by atoms with Gasteiger partial charge in [-0.1, -0.05) is 35.5 Å². The Kier molecular flexibility index (Phi) is 2.67. The van der Waals surface area contributed by atoms with E-state index in [-0.39, 0.29) is 0 Å². The average molecular weight is 275 g/mol. The van der Waals surface area contributed by atoms with Gasteiger partial charge in [0.2, 0.25) is 5.82 Å². The molecule has 0 radical (unpaired) electrons. The van der Waals surface area contributed by atoms with Gasteiger partial charge in [-0.3, -0.25) is 4.99 Å². The summed E-state index contributed by atoms with van der Waals surface area (Å²) in [4.78, 5) is 8.86. The number of hydrogen-bond donors (Lipinski definition) is 0. The molecule has 0 amide bonds. The lowest BCUT2D eigenvalue weighted by Crippen LogP contribution is -1.85. The Bertz CT molecular complexity index is 849. The molecule has 0 saturated heterocycles. The van der Waals surface area contributed by atoms with Gasteiger partial charge in [0, 0.05) is 23.8 Å². The second-order valence-corrected chi connectivity index (χ2v) is 5.10. The summed E-state index contributed by atoms with van der Waals surface area (Å²) in [6.45, 7) is 2.04. The third kappa shape index (κ3) is 2.05. The van der Waals surface area contributed by atoms with Crippen LogP contribution >= 0.6 is 0 Å². The summed E-state index contributed by atoms with van der Waals surface area (Å²) in [5.74, 6) is 1.14. The van der Waals surface area contributed by atoms with E-state index in [1.165, 1.54) is 5.56 Å². The molecule has 2 heterocycles. The van der Waals surface area contributed by atoms with Gasteiger partial charge in [0.05, 0.1) is 5.69 Å². The molecule has 2 aromatic carbocycles. The Morgan fingerprint density at radius 3 is 2.90 bits per heavy atom. The molecule has 0 bridgehead atoms. The van der Waals surface area contributed by atoms with E-state index < -0.39 is 0 Å². The van der Waals surface area contributed by atoms with Crippen molar-refractivity contribution in [2.24, 2.45) is 4.99 Å². The lowest BCUT2D eigenvalue weighted by atomic mass is 10.1. The molecular weight excluding hydrogens is 262 g/mol. The minimum Gasteiger partial charge on any atom is -0.334 e. The molecule has 0 saturated carbocycles. The van der Waals surface area contributed by atoms with Crippen molar-refractivity contribution in [3.8, 4) is 22.8 Å². The maximum atomic E-state index is 5.41. The largest absolute Gasteiger partial charge is 0.334 e. The third-order valence-electron chi connectivity index (χ3n) is 3.69. The monoisotopic (exact) mass is 275 g/mol. The van der Waals surface area contributed by atoms with Crippen molar-refractivity contribution in [1.29, 1.82) is 0 Å². The van der Waals surface area contributed by atoms with E-state index in [0.717, 1.165) is 28.8 Å². The first-order valence-corrected chi connectivity index (χ1v) is 6.87. The first-order valence-electron chi connectivity index (χ1n) is 6.87. The molecule has 3 aromatic rings. The van der Waals surface area contributed by atoms with Crippen LogP contribution in [0.15, 0.2) is 52.0 Å². The highest BCUT2D eigenvalue weighted by atomic mass is 16.5. The van der Waals surface area contributed by atoms with Gasteiger partial charge in [0.25, 0.3) is 5.89 Å². The molecule has 4 nitrogen and oxygen atoms in total. The second kappa shape index (κ2) is 4.66. The quantitative estimate of drug-likeness (QED) is 0.711. The highest BCUT2D eigenvalue weighted by molar-refractivity contribution is 5.78. The molecule has 4 rings (SSSR count). The number of rotatable bonds is 2. The number of aliphatic imine (C=N–C) groups is 1. The molecule has 0 atom stereocenters. The first-order chi connectivity index (χ1) is 10.3. The molecule has 1 aliphatic heterocycles. The number of fused-ring (bicyclic) bond motifs is 1.